The molecule has 41 heavy (non-hydrogen) atoms. The minimum absolute atomic E-state index is 0.119. The lowest BCUT2D eigenvalue weighted by Crippen LogP contribution is -2.40. The van der Waals surface area contributed by atoms with Crippen molar-refractivity contribution in [3.63, 3.8) is 0 Å². The molecule has 0 spiro atoms. The summed E-state index contributed by atoms with van der Waals surface area (Å²) < 4.78 is 18.3. The summed E-state index contributed by atoms with van der Waals surface area (Å²) in [5.74, 6) is 0.292. The first-order chi connectivity index (χ1) is 19.9. The van der Waals surface area contributed by atoms with E-state index in [-0.39, 0.29) is 24.3 Å². The fourth-order valence-corrected chi connectivity index (χ4v) is 5.68. The van der Waals surface area contributed by atoms with Crippen LogP contribution in [0.3, 0.4) is 0 Å². The first-order valence-corrected chi connectivity index (χ1v) is 13.9. The Morgan fingerprint density at radius 1 is 1.12 bits per heavy atom. The number of rotatable bonds is 8. The molecule has 0 radical (unpaired) electrons. The maximum absolute atomic E-state index is 14.0. The van der Waals surface area contributed by atoms with E-state index in [0.29, 0.717) is 42.7 Å². The third-order valence-electron chi connectivity index (χ3n) is 6.34. The lowest BCUT2D eigenvalue weighted by molar-refractivity contribution is -0.138. The Morgan fingerprint density at radius 2 is 1.88 bits per heavy atom. The number of aromatic nitrogens is 1. The average molecular weight is 586 g/mol. The predicted octanol–water partition coefficient (Wildman–Crippen LogP) is 4.50. The van der Waals surface area contributed by atoms with Gasteiger partial charge in [0, 0.05) is 10.6 Å². The molecule has 0 saturated heterocycles. The Hall–Kier alpha value is -4.65. The van der Waals surface area contributed by atoms with Gasteiger partial charge in [-0.15, -0.1) is 0 Å². The van der Waals surface area contributed by atoms with Gasteiger partial charge in [-0.25, -0.2) is 9.79 Å². The van der Waals surface area contributed by atoms with E-state index in [1.807, 2.05) is 36.4 Å². The van der Waals surface area contributed by atoms with Crippen molar-refractivity contribution in [1.29, 1.82) is 5.26 Å². The van der Waals surface area contributed by atoms with Crippen LogP contribution < -0.4 is 24.4 Å². The van der Waals surface area contributed by atoms with Gasteiger partial charge >= 0.3 is 5.97 Å². The molecule has 0 saturated carbocycles. The van der Waals surface area contributed by atoms with Crippen LogP contribution in [0.2, 0.25) is 5.02 Å². The van der Waals surface area contributed by atoms with Crippen LogP contribution in [0.15, 0.2) is 88.2 Å². The van der Waals surface area contributed by atoms with Crippen LogP contribution in [0.4, 0.5) is 0 Å². The summed E-state index contributed by atoms with van der Waals surface area (Å²) in [6.07, 6.45) is 1.73. The van der Waals surface area contributed by atoms with Gasteiger partial charge in [-0.3, -0.25) is 9.36 Å². The zero-order valence-electron chi connectivity index (χ0n) is 22.2. The van der Waals surface area contributed by atoms with Gasteiger partial charge in [0.1, 0.15) is 6.07 Å². The van der Waals surface area contributed by atoms with Gasteiger partial charge in [0.25, 0.3) is 5.56 Å². The number of hydrogen-bond acceptors (Lipinski definition) is 8. The standard InChI is InChI=1S/C31H24ClN3O5S/c1-3-39-30(37)26-27(20-7-5-4-6-8-20)34-31-35(28(26)21-10-12-22(32)13-11-21)29(36)25(41-31)18-19-9-14-23(40-16-15-33)24(17-19)38-2/h4-14,17-18,28H,3,16H2,1-2H3/b25-18-/t28-/m1/s1. The van der Waals surface area contributed by atoms with E-state index in [2.05, 4.69) is 0 Å². The number of methoxy groups -OCH3 is 1. The number of halogens is 1. The Bertz CT molecular complexity index is 1850. The number of nitriles is 1. The molecule has 10 heteroatoms. The SMILES string of the molecule is CCOC(=O)C1=C(c2ccccc2)N=c2s/c(=C\c3ccc(OCC#N)c(OC)c3)c(=O)n2[C@@H]1c1ccc(Cl)cc1. The number of hydrogen-bond donors (Lipinski definition) is 0. The van der Waals surface area contributed by atoms with E-state index in [4.69, 9.17) is 36.1 Å². The van der Waals surface area contributed by atoms with Crippen LogP contribution in [0.5, 0.6) is 11.5 Å². The van der Waals surface area contributed by atoms with Crippen LogP contribution in [-0.4, -0.2) is 30.9 Å². The van der Waals surface area contributed by atoms with Crippen molar-refractivity contribution in [1.82, 2.24) is 4.57 Å². The number of carbonyl (C=O) groups is 1. The topological polar surface area (TPSA) is 103 Å². The van der Waals surface area contributed by atoms with Crippen LogP contribution in [-0.2, 0) is 9.53 Å². The molecule has 3 aromatic carbocycles. The predicted molar refractivity (Wildman–Crippen MR) is 157 cm³/mol. The molecule has 0 bridgehead atoms. The quantitative estimate of drug-likeness (QED) is 0.282. The first kappa shape index (κ1) is 27.9. The lowest BCUT2D eigenvalue weighted by Gasteiger charge is -2.25. The van der Waals surface area contributed by atoms with Crippen LogP contribution >= 0.6 is 22.9 Å². The van der Waals surface area contributed by atoms with Crippen molar-refractivity contribution in [2.24, 2.45) is 4.99 Å². The molecule has 0 amide bonds. The molecular weight excluding hydrogens is 562 g/mol. The van der Waals surface area contributed by atoms with Crippen LogP contribution in [0.1, 0.15) is 29.7 Å². The summed E-state index contributed by atoms with van der Waals surface area (Å²) in [6.45, 7) is 1.78. The summed E-state index contributed by atoms with van der Waals surface area (Å²) in [4.78, 5) is 32.8. The fourth-order valence-electron chi connectivity index (χ4n) is 4.56. The normalized spacial score (nSPS) is 14.6. The van der Waals surface area contributed by atoms with E-state index in [1.165, 1.54) is 23.0 Å². The van der Waals surface area contributed by atoms with Gasteiger partial charge in [-0.05, 0) is 48.4 Å². The van der Waals surface area contributed by atoms with Crippen molar-refractivity contribution in [2.45, 2.75) is 13.0 Å². The Morgan fingerprint density at radius 3 is 2.56 bits per heavy atom. The molecule has 0 fully saturated rings. The molecule has 8 nitrogen and oxygen atoms in total. The van der Waals surface area contributed by atoms with Crippen molar-refractivity contribution in [3.8, 4) is 17.6 Å². The highest BCUT2D eigenvalue weighted by atomic mass is 35.5. The van der Waals surface area contributed by atoms with Gasteiger partial charge in [-0.1, -0.05) is 71.5 Å². The van der Waals surface area contributed by atoms with Crippen molar-refractivity contribution >= 4 is 40.7 Å². The molecule has 1 aliphatic rings. The summed E-state index contributed by atoms with van der Waals surface area (Å²) in [5, 5.41) is 9.37. The van der Waals surface area contributed by atoms with Gasteiger partial charge in [0.2, 0.25) is 0 Å². The summed E-state index contributed by atoms with van der Waals surface area (Å²) in [5.41, 5.74) is 2.50. The average Bonchev–Trinajstić information content (AvgIpc) is 3.30. The number of fused-ring (bicyclic) bond motifs is 1. The monoisotopic (exact) mass is 585 g/mol. The minimum Gasteiger partial charge on any atom is -0.493 e. The molecule has 0 N–H and O–H groups in total. The highest BCUT2D eigenvalue weighted by Gasteiger charge is 2.35. The van der Waals surface area contributed by atoms with Gasteiger partial charge in [-0.2, -0.15) is 5.26 Å². The largest absolute Gasteiger partial charge is 0.493 e. The van der Waals surface area contributed by atoms with E-state index < -0.39 is 12.0 Å². The Balaban J connectivity index is 1.75. The van der Waals surface area contributed by atoms with E-state index in [1.54, 1.807) is 55.5 Å². The maximum Gasteiger partial charge on any atom is 0.338 e. The maximum atomic E-state index is 14.0. The highest BCUT2D eigenvalue weighted by molar-refractivity contribution is 7.07. The third-order valence-corrected chi connectivity index (χ3v) is 7.57. The van der Waals surface area contributed by atoms with Crippen LogP contribution in [0.25, 0.3) is 11.8 Å². The van der Waals surface area contributed by atoms with Crippen LogP contribution in [0, 0.1) is 11.3 Å². The Labute approximate surface area is 244 Å². The zero-order chi connectivity index (χ0) is 28.9. The van der Waals surface area contributed by atoms with Gasteiger partial charge < -0.3 is 14.2 Å². The lowest BCUT2D eigenvalue weighted by atomic mass is 9.93. The minimum atomic E-state index is -0.795. The van der Waals surface area contributed by atoms with Crippen molar-refractivity contribution < 1.29 is 19.0 Å². The first-order valence-electron chi connectivity index (χ1n) is 12.7. The number of carbonyl (C=O) groups excluding carboxylic acids is 1. The molecule has 4 aromatic rings. The Kier molecular flexibility index (Phi) is 8.34. The summed E-state index contributed by atoms with van der Waals surface area (Å²) >= 11 is 7.40. The number of thiazole rings is 1. The summed E-state index contributed by atoms with van der Waals surface area (Å²) in [6, 6.07) is 22.7. The van der Waals surface area contributed by atoms with Crippen molar-refractivity contribution in [3.05, 3.63) is 120 Å². The number of esters is 1. The molecule has 1 atom stereocenters. The fraction of sp³-hybridized carbons (Fsp3) is 0.161. The van der Waals surface area contributed by atoms with Gasteiger partial charge in [0.05, 0.1) is 35.6 Å². The third kappa shape index (κ3) is 5.66. The number of ether oxygens (including phenoxy) is 3. The van der Waals surface area contributed by atoms with Gasteiger partial charge in [0.15, 0.2) is 22.9 Å². The summed E-state index contributed by atoms with van der Waals surface area (Å²) in [7, 11) is 1.50. The highest BCUT2D eigenvalue weighted by Crippen LogP contribution is 2.35. The van der Waals surface area contributed by atoms with Crippen molar-refractivity contribution in [2.75, 3.05) is 20.3 Å². The molecule has 206 valence electrons. The second kappa shape index (κ2) is 12.3. The molecule has 1 aliphatic heterocycles. The number of benzene rings is 3. The van der Waals surface area contributed by atoms with E-state index in [9.17, 15) is 9.59 Å². The molecule has 2 heterocycles. The smallest absolute Gasteiger partial charge is 0.338 e. The second-order valence-electron chi connectivity index (χ2n) is 8.84. The molecule has 0 aliphatic carbocycles. The molecule has 5 rings (SSSR count). The molecular formula is C31H24ClN3O5S. The number of nitrogens with zero attached hydrogens (tertiary/aromatic N) is 3. The molecule has 0 unspecified atom stereocenters. The zero-order valence-corrected chi connectivity index (χ0v) is 23.7. The van der Waals surface area contributed by atoms with E-state index in [0.717, 1.165) is 5.56 Å². The second-order valence-corrected chi connectivity index (χ2v) is 10.3. The molecule has 1 aromatic heterocycles. The van der Waals surface area contributed by atoms with E-state index >= 15 is 0 Å².